The topological polar surface area (TPSA) is 22.0 Å². The Kier molecular flexibility index (Phi) is 11.1. The van der Waals surface area contributed by atoms with E-state index < -0.39 is 0 Å². The van der Waals surface area contributed by atoms with Crippen LogP contribution in [0.4, 0.5) is 0 Å². The molecule has 0 bridgehead atoms. The molecule has 0 amide bonds. The summed E-state index contributed by atoms with van der Waals surface area (Å²) in [6.07, 6.45) is 1.78. The Bertz CT molecular complexity index is 244. The summed E-state index contributed by atoms with van der Waals surface area (Å²) in [5.74, 6) is 0. The van der Waals surface area contributed by atoms with Gasteiger partial charge in [0, 0.05) is 51.5 Å². The molecule has 65 valence electrons. The minimum Gasteiger partial charge on any atom is -0.316 e. The number of pyridine rings is 1. The second-order valence-electron chi connectivity index (χ2n) is 1.82. The van der Waals surface area contributed by atoms with Crippen LogP contribution in [0.5, 0.6) is 0 Å². The average Bonchev–Trinajstić information content (AvgIpc) is 2.09. The average molecular weight is 242 g/mol. The second-order valence-corrected chi connectivity index (χ2v) is 1.82. The molecular formula is C9H15NOY. The van der Waals surface area contributed by atoms with Crippen molar-refractivity contribution < 1.29 is 32.7 Å². The molecule has 0 aliphatic heterocycles. The Morgan fingerprint density at radius 2 is 1.92 bits per heavy atom. The Morgan fingerprint density at radius 1 is 1.33 bits per heavy atom. The van der Waals surface area contributed by atoms with Gasteiger partial charge in [-0.2, -0.15) is 0 Å². The number of aryl methyl sites for hydroxylation is 1. The first kappa shape index (κ1) is 14.6. The van der Waals surface area contributed by atoms with E-state index in [0.29, 0.717) is 0 Å². The zero-order chi connectivity index (χ0) is 8.69. The van der Waals surface area contributed by atoms with Gasteiger partial charge >= 0.3 is 0 Å². The first-order valence-electron chi connectivity index (χ1n) is 4.00. The minimum atomic E-state index is 0. The number of aromatic nitrogens is 1. The van der Waals surface area contributed by atoms with Gasteiger partial charge < -0.3 is 4.57 Å². The molecule has 0 saturated carbocycles. The van der Waals surface area contributed by atoms with Crippen molar-refractivity contribution in [1.82, 2.24) is 4.57 Å². The van der Waals surface area contributed by atoms with Crippen LogP contribution in [0, 0.1) is 0 Å². The third kappa shape index (κ3) is 4.84. The molecule has 0 saturated heterocycles. The molecule has 0 fully saturated rings. The van der Waals surface area contributed by atoms with Gasteiger partial charge in [-0.25, -0.2) is 0 Å². The SMILES string of the molecule is CC.CCn1ccccc1=O.[Y]. The Hall–Kier alpha value is 0.0539. The standard InChI is InChI=1S/C7H9NO.C2H6.Y/c1-2-8-6-4-3-5-7(8)9;1-2;/h3-6H,2H2,1H3;1-2H3;. The van der Waals surface area contributed by atoms with Gasteiger partial charge in [0.25, 0.3) is 0 Å². The zero-order valence-corrected chi connectivity index (χ0v) is 10.8. The summed E-state index contributed by atoms with van der Waals surface area (Å²) >= 11 is 0. The molecule has 0 aliphatic carbocycles. The van der Waals surface area contributed by atoms with Crippen LogP contribution in [0.25, 0.3) is 0 Å². The van der Waals surface area contributed by atoms with Crippen molar-refractivity contribution in [3.8, 4) is 0 Å². The van der Waals surface area contributed by atoms with Crippen molar-refractivity contribution in [3.05, 3.63) is 34.7 Å². The zero-order valence-electron chi connectivity index (χ0n) is 7.95. The van der Waals surface area contributed by atoms with Gasteiger partial charge in [-0.1, -0.05) is 19.9 Å². The number of nitrogens with zero attached hydrogens (tertiary/aromatic N) is 1. The fourth-order valence-electron chi connectivity index (χ4n) is 0.722. The third-order valence-corrected chi connectivity index (χ3v) is 1.24. The molecule has 0 unspecified atom stereocenters. The van der Waals surface area contributed by atoms with Crippen LogP contribution in [0.15, 0.2) is 29.2 Å². The molecule has 2 nitrogen and oxygen atoms in total. The quantitative estimate of drug-likeness (QED) is 0.737. The smallest absolute Gasteiger partial charge is 0.250 e. The fraction of sp³-hybridized carbons (Fsp3) is 0.444. The van der Waals surface area contributed by atoms with E-state index in [1.807, 2.05) is 26.8 Å². The van der Waals surface area contributed by atoms with E-state index in [9.17, 15) is 4.79 Å². The molecular weight excluding hydrogens is 227 g/mol. The van der Waals surface area contributed by atoms with Crippen LogP contribution in [0.2, 0.25) is 0 Å². The van der Waals surface area contributed by atoms with Gasteiger partial charge in [0.1, 0.15) is 0 Å². The summed E-state index contributed by atoms with van der Waals surface area (Å²) in [7, 11) is 0. The van der Waals surface area contributed by atoms with Crippen LogP contribution >= 0.6 is 0 Å². The van der Waals surface area contributed by atoms with E-state index in [4.69, 9.17) is 0 Å². The van der Waals surface area contributed by atoms with Crippen molar-refractivity contribution in [2.24, 2.45) is 0 Å². The van der Waals surface area contributed by atoms with Crippen LogP contribution in [0.1, 0.15) is 20.8 Å². The summed E-state index contributed by atoms with van der Waals surface area (Å²) in [5, 5.41) is 0. The van der Waals surface area contributed by atoms with Crippen molar-refractivity contribution in [2.45, 2.75) is 27.3 Å². The largest absolute Gasteiger partial charge is 0.316 e. The number of rotatable bonds is 1. The number of hydrogen-bond acceptors (Lipinski definition) is 1. The van der Waals surface area contributed by atoms with E-state index in [1.165, 1.54) is 0 Å². The first-order chi connectivity index (χ1) is 5.34. The van der Waals surface area contributed by atoms with Crippen LogP contribution < -0.4 is 5.56 Å². The maximum absolute atomic E-state index is 10.8. The molecule has 0 spiro atoms. The van der Waals surface area contributed by atoms with Gasteiger partial charge in [0.05, 0.1) is 0 Å². The molecule has 12 heavy (non-hydrogen) atoms. The molecule has 0 aromatic carbocycles. The normalized spacial score (nSPS) is 7.58. The van der Waals surface area contributed by atoms with E-state index in [0.717, 1.165) is 6.54 Å². The first-order valence-corrected chi connectivity index (χ1v) is 4.00. The Morgan fingerprint density at radius 3 is 2.25 bits per heavy atom. The van der Waals surface area contributed by atoms with Gasteiger partial charge in [0.15, 0.2) is 0 Å². The van der Waals surface area contributed by atoms with E-state index in [2.05, 4.69) is 0 Å². The van der Waals surface area contributed by atoms with Gasteiger partial charge in [0.2, 0.25) is 5.56 Å². The maximum Gasteiger partial charge on any atom is 0.250 e. The van der Waals surface area contributed by atoms with Crippen molar-refractivity contribution >= 4 is 0 Å². The molecule has 0 atom stereocenters. The van der Waals surface area contributed by atoms with Crippen molar-refractivity contribution in [3.63, 3.8) is 0 Å². The Labute approximate surface area is 98.9 Å². The fourth-order valence-corrected chi connectivity index (χ4v) is 0.722. The van der Waals surface area contributed by atoms with Crippen LogP contribution in [-0.2, 0) is 39.3 Å². The van der Waals surface area contributed by atoms with E-state index >= 15 is 0 Å². The van der Waals surface area contributed by atoms with Gasteiger partial charge in [-0.15, -0.1) is 0 Å². The van der Waals surface area contributed by atoms with Gasteiger partial charge in [-0.05, 0) is 13.0 Å². The van der Waals surface area contributed by atoms with E-state index in [1.54, 1.807) is 22.9 Å². The molecule has 0 N–H and O–H groups in total. The second kappa shape index (κ2) is 9.14. The van der Waals surface area contributed by atoms with Crippen LogP contribution in [0.3, 0.4) is 0 Å². The predicted molar refractivity (Wildman–Crippen MR) is 47.7 cm³/mol. The number of hydrogen-bond donors (Lipinski definition) is 0. The van der Waals surface area contributed by atoms with E-state index in [-0.39, 0.29) is 38.3 Å². The molecule has 1 aromatic heterocycles. The van der Waals surface area contributed by atoms with Crippen molar-refractivity contribution in [2.75, 3.05) is 0 Å². The Balaban J connectivity index is 0. The van der Waals surface area contributed by atoms with Crippen LogP contribution in [-0.4, -0.2) is 4.57 Å². The van der Waals surface area contributed by atoms with Gasteiger partial charge in [-0.3, -0.25) is 4.79 Å². The summed E-state index contributed by atoms with van der Waals surface area (Å²) in [6, 6.07) is 5.16. The monoisotopic (exact) mass is 242 g/mol. The molecule has 0 aliphatic rings. The summed E-state index contributed by atoms with van der Waals surface area (Å²) in [4.78, 5) is 10.8. The summed E-state index contributed by atoms with van der Waals surface area (Å²) < 4.78 is 1.65. The molecule has 1 aromatic rings. The molecule has 1 rings (SSSR count). The molecule has 1 radical (unpaired) electrons. The molecule has 1 heterocycles. The summed E-state index contributed by atoms with van der Waals surface area (Å²) in [6.45, 7) is 6.70. The predicted octanol–water partition coefficient (Wildman–Crippen LogP) is 1.89. The maximum atomic E-state index is 10.8. The third-order valence-electron chi connectivity index (χ3n) is 1.24. The molecule has 3 heteroatoms. The summed E-state index contributed by atoms with van der Waals surface area (Å²) in [5.41, 5.74) is 0.0694. The van der Waals surface area contributed by atoms with Crippen molar-refractivity contribution in [1.29, 1.82) is 0 Å². The minimum absolute atomic E-state index is 0.